The number of thiophene rings is 1. The second kappa shape index (κ2) is 7.00. The third-order valence-electron chi connectivity index (χ3n) is 1.76. The number of carbonyl (C=O) groups is 1. The van der Waals surface area contributed by atoms with E-state index in [1.165, 1.54) is 11.3 Å². The second-order valence-electron chi connectivity index (χ2n) is 2.94. The highest BCUT2D eigenvalue weighted by Crippen LogP contribution is 2.32. The molecule has 0 aliphatic heterocycles. The van der Waals surface area contributed by atoms with Gasteiger partial charge in [-0.15, -0.1) is 11.3 Å². The summed E-state index contributed by atoms with van der Waals surface area (Å²) in [5.74, 6) is 0.333. The topological polar surface area (TPSA) is 43.4 Å². The smallest absolute Gasteiger partial charge is 0.177 e. The second-order valence-corrected chi connectivity index (χ2v) is 8.27. The lowest BCUT2D eigenvalue weighted by Crippen LogP contribution is -2.15. The largest absolute Gasteiger partial charge is 0.384 e. The molecule has 0 fully saturated rings. The van der Waals surface area contributed by atoms with E-state index in [-0.39, 0.29) is 11.5 Å². The fourth-order valence-electron chi connectivity index (χ4n) is 1.00. The quantitative estimate of drug-likeness (QED) is 0.702. The van der Waals surface area contributed by atoms with E-state index in [2.05, 4.69) is 31.9 Å². The van der Waals surface area contributed by atoms with Crippen LogP contribution in [0.1, 0.15) is 10.4 Å². The number of methoxy groups -OCH3 is 1. The van der Waals surface area contributed by atoms with E-state index < -0.39 is 10.8 Å². The van der Waals surface area contributed by atoms with Gasteiger partial charge in [0, 0.05) is 29.2 Å². The molecule has 0 amide bonds. The molecule has 1 atom stereocenters. The number of ketones is 1. The highest BCUT2D eigenvalue weighted by Gasteiger charge is 2.16. The van der Waals surface area contributed by atoms with Gasteiger partial charge in [0.05, 0.1) is 19.9 Å². The Bertz CT molecular complexity index is 403. The molecule has 90 valence electrons. The average molecular weight is 390 g/mol. The van der Waals surface area contributed by atoms with Crippen molar-refractivity contribution in [3.05, 3.63) is 19.2 Å². The summed E-state index contributed by atoms with van der Waals surface area (Å²) in [5.41, 5.74) is 0.586. The van der Waals surface area contributed by atoms with Crippen LogP contribution in [0, 0.1) is 0 Å². The molecule has 0 saturated heterocycles. The van der Waals surface area contributed by atoms with Crippen LogP contribution in [-0.4, -0.2) is 35.2 Å². The lowest BCUT2D eigenvalue weighted by atomic mass is 10.2. The average Bonchev–Trinajstić information content (AvgIpc) is 2.54. The van der Waals surface area contributed by atoms with Crippen molar-refractivity contribution in [1.29, 1.82) is 0 Å². The Morgan fingerprint density at radius 3 is 2.75 bits per heavy atom. The maximum absolute atomic E-state index is 11.8. The first-order valence-electron chi connectivity index (χ1n) is 4.36. The van der Waals surface area contributed by atoms with Crippen LogP contribution in [0.15, 0.2) is 13.6 Å². The van der Waals surface area contributed by atoms with E-state index in [1.807, 2.05) is 0 Å². The highest BCUT2D eigenvalue weighted by molar-refractivity contribution is 9.12. The molecule has 0 bridgehead atoms. The van der Waals surface area contributed by atoms with Gasteiger partial charge in [0.1, 0.15) is 0 Å². The molecule has 3 nitrogen and oxygen atoms in total. The van der Waals surface area contributed by atoms with Crippen molar-refractivity contribution < 1.29 is 13.7 Å². The lowest BCUT2D eigenvalue weighted by Gasteiger charge is -2.00. The summed E-state index contributed by atoms with van der Waals surface area (Å²) >= 11 is 8.04. The Balaban J connectivity index is 2.59. The van der Waals surface area contributed by atoms with Gasteiger partial charge >= 0.3 is 0 Å². The van der Waals surface area contributed by atoms with Gasteiger partial charge in [-0.3, -0.25) is 9.00 Å². The number of ether oxygens (including phenoxy) is 1. The fraction of sp³-hybridized carbons (Fsp3) is 0.444. The first-order valence-corrected chi connectivity index (χ1v) is 8.25. The SMILES string of the molecule is COCCS(=O)CC(=O)c1cc(Br)sc1Br. The zero-order chi connectivity index (χ0) is 12.1. The van der Waals surface area contributed by atoms with Crippen molar-refractivity contribution in [2.24, 2.45) is 0 Å². The molecule has 0 radical (unpaired) electrons. The van der Waals surface area contributed by atoms with Crippen molar-refractivity contribution in [3.63, 3.8) is 0 Å². The molecule has 1 aromatic heterocycles. The minimum Gasteiger partial charge on any atom is -0.384 e. The molecule has 1 rings (SSSR count). The number of hydrogen-bond donors (Lipinski definition) is 0. The van der Waals surface area contributed by atoms with Crippen molar-refractivity contribution in [1.82, 2.24) is 0 Å². The van der Waals surface area contributed by atoms with Crippen molar-refractivity contribution in [2.45, 2.75) is 0 Å². The van der Waals surface area contributed by atoms with E-state index in [9.17, 15) is 9.00 Å². The third kappa shape index (κ3) is 4.37. The van der Waals surface area contributed by atoms with Crippen LogP contribution in [0.4, 0.5) is 0 Å². The Morgan fingerprint density at radius 1 is 1.56 bits per heavy atom. The van der Waals surface area contributed by atoms with Crippen molar-refractivity contribution in [3.8, 4) is 0 Å². The van der Waals surface area contributed by atoms with E-state index in [4.69, 9.17) is 4.74 Å². The zero-order valence-corrected chi connectivity index (χ0v) is 13.3. The molecule has 0 N–H and O–H groups in total. The molecule has 7 heteroatoms. The van der Waals surface area contributed by atoms with Gasteiger partial charge in [-0.1, -0.05) is 0 Å². The predicted octanol–water partition coefficient (Wildman–Crippen LogP) is 2.85. The summed E-state index contributed by atoms with van der Waals surface area (Å²) in [6.45, 7) is 0.411. The summed E-state index contributed by atoms with van der Waals surface area (Å²) in [7, 11) is 0.392. The van der Waals surface area contributed by atoms with Gasteiger partial charge in [0.25, 0.3) is 0 Å². The summed E-state index contributed by atoms with van der Waals surface area (Å²) in [6, 6.07) is 1.74. The summed E-state index contributed by atoms with van der Waals surface area (Å²) < 4.78 is 18.0. The van der Waals surface area contributed by atoms with Gasteiger partial charge in [0.15, 0.2) is 5.78 Å². The fourth-order valence-corrected chi connectivity index (χ4v) is 4.80. The molecule has 1 unspecified atom stereocenters. The number of halogens is 2. The van der Waals surface area contributed by atoms with Crippen LogP contribution < -0.4 is 0 Å². The Hall–Kier alpha value is 0.440. The predicted molar refractivity (Wildman–Crippen MR) is 73.8 cm³/mol. The standard InChI is InChI=1S/C9H10Br2O3S2/c1-14-2-3-16(13)5-7(12)6-4-8(10)15-9(6)11/h4H,2-3,5H2,1H3. The van der Waals surface area contributed by atoms with Crippen molar-refractivity contribution >= 4 is 59.8 Å². The first-order chi connectivity index (χ1) is 7.54. The third-order valence-corrected chi connectivity index (χ3v) is 5.31. The summed E-state index contributed by atoms with van der Waals surface area (Å²) in [5, 5.41) is 0. The van der Waals surface area contributed by atoms with E-state index >= 15 is 0 Å². The summed E-state index contributed by atoms with van der Waals surface area (Å²) in [6.07, 6.45) is 0. The molecule has 0 aliphatic carbocycles. The van der Waals surface area contributed by atoms with Crippen LogP contribution in [-0.2, 0) is 15.5 Å². The first kappa shape index (κ1) is 14.5. The lowest BCUT2D eigenvalue weighted by molar-refractivity contribution is 0.102. The molecule has 0 spiro atoms. The molecule has 1 heterocycles. The van der Waals surface area contributed by atoms with E-state index in [0.29, 0.717) is 17.9 Å². The maximum Gasteiger partial charge on any atom is 0.177 e. The molecular weight excluding hydrogens is 380 g/mol. The monoisotopic (exact) mass is 388 g/mol. The zero-order valence-electron chi connectivity index (χ0n) is 8.50. The molecule has 0 saturated carbocycles. The van der Waals surface area contributed by atoms with Gasteiger partial charge < -0.3 is 4.74 Å². The molecule has 16 heavy (non-hydrogen) atoms. The van der Waals surface area contributed by atoms with Crippen LogP contribution in [0.2, 0.25) is 0 Å². The van der Waals surface area contributed by atoms with Gasteiger partial charge in [-0.2, -0.15) is 0 Å². The number of rotatable bonds is 6. The normalized spacial score (nSPS) is 12.7. The Labute approximate surface area is 117 Å². The van der Waals surface area contributed by atoms with Crippen molar-refractivity contribution in [2.75, 3.05) is 25.2 Å². The molecule has 0 aliphatic rings. The number of carbonyl (C=O) groups excluding carboxylic acids is 1. The summed E-state index contributed by atoms with van der Waals surface area (Å²) in [4.78, 5) is 11.8. The van der Waals surface area contributed by atoms with E-state index in [0.717, 1.165) is 7.57 Å². The Morgan fingerprint density at radius 2 is 2.25 bits per heavy atom. The molecule has 1 aromatic rings. The molecule has 0 aromatic carbocycles. The van der Waals surface area contributed by atoms with Crippen LogP contribution in [0.3, 0.4) is 0 Å². The molecular formula is C9H10Br2O3S2. The van der Waals surface area contributed by atoms with Crippen LogP contribution >= 0.6 is 43.2 Å². The van der Waals surface area contributed by atoms with E-state index in [1.54, 1.807) is 13.2 Å². The highest BCUT2D eigenvalue weighted by atomic mass is 79.9. The maximum atomic E-state index is 11.8. The van der Waals surface area contributed by atoms with Gasteiger partial charge in [0.2, 0.25) is 0 Å². The minimum absolute atomic E-state index is 0.0468. The minimum atomic E-state index is -1.16. The number of hydrogen-bond acceptors (Lipinski definition) is 4. The van der Waals surface area contributed by atoms with Crippen LogP contribution in [0.25, 0.3) is 0 Å². The van der Waals surface area contributed by atoms with Gasteiger partial charge in [-0.25, -0.2) is 0 Å². The van der Waals surface area contributed by atoms with Crippen LogP contribution in [0.5, 0.6) is 0 Å². The number of Topliss-reactive ketones (excluding diaryl/α,β-unsaturated/α-hetero) is 1. The van der Waals surface area contributed by atoms with Gasteiger partial charge in [-0.05, 0) is 37.9 Å². The Kier molecular flexibility index (Phi) is 6.35.